The van der Waals surface area contributed by atoms with Crippen molar-refractivity contribution in [3.05, 3.63) is 48.6 Å². The Bertz CT molecular complexity index is 613. The van der Waals surface area contributed by atoms with Crippen molar-refractivity contribution in [2.24, 2.45) is 0 Å². The number of nitrogens with zero attached hydrogens (tertiary/aromatic N) is 1. The minimum atomic E-state index is -3.81. The molecule has 0 saturated carbocycles. The van der Waals surface area contributed by atoms with Gasteiger partial charge in [0.1, 0.15) is 6.54 Å². The molecule has 0 unspecified atom stereocenters. The van der Waals surface area contributed by atoms with E-state index < -0.39 is 12.7 Å². The molecule has 7 nitrogen and oxygen atoms in total. The quantitative estimate of drug-likeness (QED) is 0.0829. The lowest BCUT2D eigenvalue weighted by molar-refractivity contribution is -0.870. The number of hydrogen-bond acceptors (Lipinski definition) is 3. The number of aliphatic hydroxyl groups is 1. The van der Waals surface area contributed by atoms with Gasteiger partial charge in [0.25, 0.3) is 0 Å². The fourth-order valence-electron chi connectivity index (χ4n) is 2.23. The zero-order valence-electron chi connectivity index (χ0n) is 21.6. The molecule has 0 radical (unpaired) electrons. The van der Waals surface area contributed by atoms with Crippen molar-refractivity contribution in [2.45, 2.75) is 71.1 Å². The number of unbranched alkanes of at least 4 members (excludes halogenated alkanes) is 4. The number of likely N-dealkylation sites (N-methyl/N-ethyl adjacent to an activating group) is 1. The van der Waals surface area contributed by atoms with Crippen molar-refractivity contribution in [2.75, 3.05) is 34.3 Å². The van der Waals surface area contributed by atoms with Crippen LogP contribution in [0.4, 0.5) is 0 Å². The molecule has 34 heavy (non-hydrogen) atoms. The third-order valence-corrected chi connectivity index (χ3v) is 3.99. The molecule has 5 N–H and O–H groups in total. The first kappa shape index (κ1) is 37.4. The number of carboxylic acid groups (broad SMARTS) is 1. The fraction of sp³-hybridized carbons (Fsp3) is 0.640. The van der Waals surface area contributed by atoms with Gasteiger partial charge in [-0.3, -0.25) is 4.79 Å². The Morgan fingerprint density at radius 3 is 1.47 bits per heavy atom. The minimum absolute atomic E-state index is 0.262. The predicted molar refractivity (Wildman–Crippen MR) is 147 cm³/mol. The molecule has 0 aromatic heterocycles. The van der Waals surface area contributed by atoms with Crippen LogP contribution in [0.15, 0.2) is 48.6 Å². The van der Waals surface area contributed by atoms with Gasteiger partial charge in [-0.15, -0.1) is 0 Å². The van der Waals surface area contributed by atoms with Crippen molar-refractivity contribution in [1.82, 2.24) is 0 Å². The first-order valence-corrected chi connectivity index (χ1v) is 14.5. The van der Waals surface area contributed by atoms with E-state index in [1.807, 2.05) is 0 Å². The second-order valence-corrected chi connectivity index (χ2v) is 11.1. The van der Waals surface area contributed by atoms with Crippen molar-refractivity contribution >= 4 is 24.5 Å². The average Bonchev–Trinajstić information content (AvgIpc) is 2.68. The monoisotopic (exact) mass is 522 g/mol. The topological polar surface area (TPSA) is 118 Å². The number of aliphatic carboxylic acids is 1. The van der Waals surface area contributed by atoms with Gasteiger partial charge in [-0.2, -0.15) is 0 Å². The molecule has 0 saturated heterocycles. The summed E-state index contributed by atoms with van der Waals surface area (Å²) in [4.78, 5) is 33.0. The van der Waals surface area contributed by atoms with Crippen LogP contribution >= 0.6 is 6.72 Å². The lowest BCUT2D eigenvalue weighted by Gasteiger charge is -2.21. The molecule has 0 aliphatic rings. The zero-order valence-corrected chi connectivity index (χ0v) is 23.3. The zero-order chi connectivity index (χ0) is 26.7. The summed E-state index contributed by atoms with van der Waals surface area (Å²) >= 11 is 3.60. The van der Waals surface area contributed by atoms with E-state index in [0.29, 0.717) is 0 Å². The Morgan fingerprint density at radius 2 is 1.18 bits per heavy atom. The number of hydrogen-bond donors (Lipinski definition) is 5. The molecule has 0 aliphatic carbocycles. The molecule has 0 aromatic carbocycles. The maximum atomic E-state index is 10.3. The summed E-state index contributed by atoms with van der Waals surface area (Å²) in [6.45, 7) is -0.460. The van der Waals surface area contributed by atoms with Gasteiger partial charge in [0.05, 0.1) is 27.7 Å². The highest BCUT2D eigenvalue weighted by atomic mass is 32.5. The Morgan fingerprint density at radius 1 is 0.794 bits per heavy atom. The van der Waals surface area contributed by atoms with E-state index in [9.17, 15) is 4.79 Å². The van der Waals surface area contributed by atoms with E-state index >= 15 is 0 Å². The molecule has 200 valence electrons. The van der Waals surface area contributed by atoms with Gasteiger partial charge in [0.2, 0.25) is 0 Å². The largest absolute Gasteiger partial charge is 0.481 e. The Balaban J connectivity index is -0.000000654. The van der Waals surface area contributed by atoms with E-state index in [2.05, 4.69) is 88.5 Å². The normalized spacial score (nSPS) is 12.2. The lowest BCUT2D eigenvalue weighted by Crippen LogP contribution is -2.36. The number of carbonyl (C=O) groups is 1. The average molecular weight is 523 g/mol. The van der Waals surface area contributed by atoms with Crippen LogP contribution in [0, 0.1) is 0 Å². The van der Waals surface area contributed by atoms with Crippen LogP contribution in [0.2, 0.25) is 0 Å². The van der Waals surface area contributed by atoms with Crippen LogP contribution in [0.5, 0.6) is 0 Å². The molecule has 0 rings (SSSR count). The molecule has 0 bridgehead atoms. The molecule has 0 atom stereocenters. The van der Waals surface area contributed by atoms with Crippen molar-refractivity contribution < 1.29 is 34.2 Å². The number of carboxylic acids is 1. The Kier molecular flexibility index (Phi) is 29.2. The van der Waals surface area contributed by atoms with Gasteiger partial charge >= 0.3 is 12.7 Å². The smallest absolute Gasteiger partial charge is 0.319 e. The van der Waals surface area contributed by atoms with E-state index in [1.54, 1.807) is 0 Å². The number of allylic oxidation sites excluding steroid dienone is 8. The van der Waals surface area contributed by atoms with Gasteiger partial charge in [0.15, 0.2) is 0 Å². The highest BCUT2D eigenvalue weighted by Crippen LogP contribution is 2.26. The number of quaternary nitrogens is 1. The molecule has 0 aromatic rings. The lowest BCUT2D eigenvalue weighted by atomic mass is 10.2. The van der Waals surface area contributed by atoms with Crippen LogP contribution < -0.4 is 0 Å². The highest BCUT2D eigenvalue weighted by Gasteiger charge is 2.02. The fourth-order valence-corrected chi connectivity index (χ4v) is 2.23. The predicted octanol–water partition coefficient (Wildman–Crippen LogP) is 5.09. The first-order chi connectivity index (χ1) is 15.8. The van der Waals surface area contributed by atoms with E-state index in [1.165, 1.54) is 25.7 Å². The van der Waals surface area contributed by atoms with Crippen LogP contribution in [0.3, 0.4) is 0 Å². The number of rotatable bonds is 16. The third-order valence-electron chi connectivity index (χ3n) is 3.99. The second kappa shape index (κ2) is 26.5. The van der Waals surface area contributed by atoms with Crippen LogP contribution in [0.1, 0.15) is 71.1 Å². The highest BCUT2D eigenvalue weighted by molar-refractivity contribution is 8.06. The summed E-state index contributed by atoms with van der Waals surface area (Å²) in [6.07, 6.45) is 27.3. The maximum Gasteiger partial charge on any atom is 0.319 e. The standard InChI is InChI=1S/C20H32O2.C5H14NO.H3O3PS/c1-2-3-4-5-6-7-8-9-10-11-12-13-14-15-16-17-18-19-20(21)22;1-6(2,3)4-5-7;1-4(2,3)5/h6-7,9-10,12-13,15-16H,2-5,8,11,14,17-19H2,1H3,(H,21,22);7H,4-5H2,1-3H3;(H3,1,2,3,5)/q;+1;/b7-6-,10-9-,13-12-,16-15-;;. The third kappa shape index (κ3) is 57.6. The molecular weight excluding hydrogens is 473 g/mol. The van der Waals surface area contributed by atoms with Gasteiger partial charge in [0, 0.05) is 6.42 Å². The van der Waals surface area contributed by atoms with Crippen LogP contribution in [0.25, 0.3) is 0 Å². The summed E-state index contributed by atoms with van der Waals surface area (Å²) in [6, 6.07) is 0. The first-order valence-electron chi connectivity index (χ1n) is 11.8. The molecule has 0 amide bonds. The van der Waals surface area contributed by atoms with Crippen LogP contribution in [-0.2, 0) is 16.6 Å². The van der Waals surface area contributed by atoms with Crippen molar-refractivity contribution in [3.63, 3.8) is 0 Å². The summed E-state index contributed by atoms with van der Waals surface area (Å²) in [5, 5.41) is 16.9. The Labute approximate surface area is 212 Å². The summed E-state index contributed by atoms with van der Waals surface area (Å²) in [5.41, 5.74) is 0. The molecular formula is C25H49NO6PS+. The maximum absolute atomic E-state index is 10.3. The molecule has 0 heterocycles. The summed E-state index contributed by atoms with van der Waals surface area (Å²) < 4.78 is 0.844. The van der Waals surface area contributed by atoms with Crippen LogP contribution in [-0.4, -0.2) is 69.6 Å². The van der Waals surface area contributed by atoms with Gasteiger partial charge < -0.3 is 29.4 Å². The molecule has 9 heteroatoms. The number of aliphatic hydroxyl groups excluding tert-OH is 1. The second-order valence-electron chi connectivity index (χ2n) is 8.63. The van der Waals surface area contributed by atoms with Crippen molar-refractivity contribution in [1.29, 1.82) is 0 Å². The van der Waals surface area contributed by atoms with Gasteiger partial charge in [-0.25, -0.2) is 0 Å². The van der Waals surface area contributed by atoms with E-state index in [-0.39, 0.29) is 13.0 Å². The summed E-state index contributed by atoms with van der Waals surface area (Å²) in [7, 11) is 6.16. The van der Waals surface area contributed by atoms with E-state index in [4.69, 9.17) is 24.9 Å². The molecule has 0 fully saturated rings. The molecule has 0 spiro atoms. The molecule has 0 aliphatic heterocycles. The minimum Gasteiger partial charge on any atom is -0.481 e. The van der Waals surface area contributed by atoms with Gasteiger partial charge in [-0.05, 0) is 56.8 Å². The van der Waals surface area contributed by atoms with Crippen molar-refractivity contribution in [3.8, 4) is 0 Å². The SMILES string of the molecule is CCCCC/C=C\C/C=C\C/C=C\C/C=C\CCCC(=O)O.C[N+](C)(C)CCO.OP(O)(O)=S. The van der Waals surface area contributed by atoms with Gasteiger partial charge in [-0.1, -0.05) is 68.4 Å². The Hall–Kier alpha value is -1.12. The van der Waals surface area contributed by atoms with E-state index in [0.717, 1.165) is 43.1 Å². The summed E-state index contributed by atoms with van der Waals surface area (Å²) in [5.74, 6) is -0.712.